The maximum atomic E-state index is 11.6. The van der Waals surface area contributed by atoms with Gasteiger partial charge in [0.05, 0.1) is 7.11 Å². The molecule has 0 aliphatic rings. The van der Waals surface area contributed by atoms with Crippen molar-refractivity contribution < 1.29 is 9.53 Å². The van der Waals surface area contributed by atoms with Gasteiger partial charge in [0.15, 0.2) is 0 Å². The Labute approximate surface area is 90.0 Å². The van der Waals surface area contributed by atoms with Crippen LogP contribution >= 0.6 is 0 Å². The molecule has 16 heavy (non-hydrogen) atoms. The first-order chi connectivity index (χ1) is 7.81. The van der Waals surface area contributed by atoms with Gasteiger partial charge in [-0.3, -0.25) is 4.79 Å². The number of amides is 1. The molecule has 0 saturated carbocycles. The Bertz CT molecular complexity index is 483. The molecule has 0 aliphatic carbocycles. The van der Waals surface area contributed by atoms with Crippen LogP contribution in [0.2, 0.25) is 0 Å². The summed E-state index contributed by atoms with van der Waals surface area (Å²) in [6, 6.07) is 3.33. The van der Waals surface area contributed by atoms with E-state index < -0.39 is 5.91 Å². The molecule has 2 aromatic heterocycles. The number of aromatic amines is 1. The molecule has 2 aromatic rings. The summed E-state index contributed by atoms with van der Waals surface area (Å²) in [5.74, 6) is -0.217. The zero-order valence-electron chi connectivity index (χ0n) is 8.34. The topological polar surface area (TPSA) is 106 Å². The lowest BCUT2D eigenvalue weighted by atomic mass is 10.4. The molecule has 0 saturated heterocycles. The highest BCUT2D eigenvalue weighted by Crippen LogP contribution is 2.19. The van der Waals surface area contributed by atoms with Crippen molar-refractivity contribution in [2.75, 3.05) is 12.4 Å². The van der Waals surface area contributed by atoms with Gasteiger partial charge in [-0.05, 0) is 17.3 Å². The Balaban J connectivity index is 2.18. The molecule has 2 rings (SSSR count). The quantitative estimate of drug-likeness (QED) is 0.745. The Morgan fingerprint density at radius 3 is 3.12 bits per heavy atom. The number of nitrogens with zero attached hydrogens (tertiary/aromatic N) is 4. The summed E-state index contributed by atoms with van der Waals surface area (Å²) in [6.07, 6.45) is 1.56. The van der Waals surface area contributed by atoms with Crippen molar-refractivity contribution in [1.29, 1.82) is 0 Å². The molecule has 0 unspecified atom stereocenters. The fourth-order valence-corrected chi connectivity index (χ4v) is 1.08. The van der Waals surface area contributed by atoms with E-state index in [1.165, 1.54) is 7.11 Å². The highest BCUT2D eigenvalue weighted by atomic mass is 16.5. The minimum absolute atomic E-state index is 0.0501. The third-order valence-electron chi connectivity index (χ3n) is 1.76. The number of nitrogens with one attached hydrogen (secondary N) is 2. The van der Waals surface area contributed by atoms with Gasteiger partial charge in [-0.1, -0.05) is 0 Å². The van der Waals surface area contributed by atoms with Gasteiger partial charge in [0.1, 0.15) is 5.69 Å². The molecule has 0 spiro atoms. The maximum absolute atomic E-state index is 11.6. The normalized spacial score (nSPS) is 9.81. The zero-order chi connectivity index (χ0) is 11.4. The Kier molecular flexibility index (Phi) is 2.72. The van der Waals surface area contributed by atoms with Gasteiger partial charge in [-0.2, -0.15) is 5.21 Å². The average molecular weight is 220 g/mol. The Morgan fingerprint density at radius 2 is 2.44 bits per heavy atom. The second kappa shape index (κ2) is 4.34. The van der Waals surface area contributed by atoms with E-state index in [2.05, 4.69) is 30.9 Å². The number of H-pyrrole nitrogens is 1. The van der Waals surface area contributed by atoms with Gasteiger partial charge >= 0.3 is 0 Å². The number of ether oxygens (including phenoxy) is 1. The van der Waals surface area contributed by atoms with Crippen molar-refractivity contribution in [3.05, 3.63) is 24.2 Å². The first-order valence-electron chi connectivity index (χ1n) is 4.35. The highest BCUT2D eigenvalue weighted by molar-refractivity contribution is 6.01. The van der Waals surface area contributed by atoms with E-state index in [1.807, 2.05) is 0 Å². The number of hydrogen-bond donors (Lipinski definition) is 2. The van der Waals surface area contributed by atoms with Crippen LogP contribution in [-0.4, -0.2) is 38.6 Å². The number of anilines is 1. The van der Waals surface area contributed by atoms with Gasteiger partial charge in [0, 0.05) is 6.20 Å². The van der Waals surface area contributed by atoms with E-state index in [-0.39, 0.29) is 5.82 Å². The van der Waals surface area contributed by atoms with Crippen LogP contribution in [0.1, 0.15) is 10.6 Å². The minimum Gasteiger partial charge on any atom is -0.480 e. The third kappa shape index (κ3) is 1.95. The number of carbonyl (C=O) groups is 1. The summed E-state index contributed by atoms with van der Waals surface area (Å²) in [5.41, 5.74) is 0.444. The van der Waals surface area contributed by atoms with E-state index in [0.717, 1.165) is 0 Å². The summed E-state index contributed by atoms with van der Waals surface area (Å²) < 4.78 is 4.97. The second-order valence-corrected chi connectivity index (χ2v) is 2.75. The SMILES string of the molecule is COc1ncccc1NC(=O)c1nn[nH]n1. The average Bonchev–Trinajstić information content (AvgIpc) is 2.83. The largest absolute Gasteiger partial charge is 0.480 e. The van der Waals surface area contributed by atoms with Crippen LogP contribution in [0.4, 0.5) is 5.69 Å². The molecule has 2 N–H and O–H groups in total. The molecular formula is C8H8N6O2. The molecule has 1 amide bonds. The molecule has 0 aliphatic heterocycles. The fraction of sp³-hybridized carbons (Fsp3) is 0.125. The van der Waals surface area contributed by atoms with Crippen molar-refractivity contribution in [3.63, 3.8) is 0 Å². The molecule has 0 fully saturated rings. The summed E-state index contributed by atoms with van der Waals surface area (Å²) >= 11 is 0. The molecule has 82 valence electrons. The van der Waals surface area contributed by atoms with E-state index in [0.29, 0.717) is 11.6 Å². The molecule has 8 heteroatoms. The highest BCUT2D eigenvalue weighted by Gasteiger charge is 2.13. The lowest BCUT2D eigenvalue weighted by molar-refractivity contribution is 0.101. The number of methoxy groups -OCH3 is 1. The first-order valence-corrected chi connectivity index (χ1v) is 4.35. The molecule has 0 radical (unpaired) electrons. The lowest BCUT2D eigenvalue weighted by Crippen LogP contribution is -2.14. The van der Waals surface area contributed by atoms with Crippen LogP contribution in [-0.2, 0) is 0 Å². The first kappa shape index (κ1) is 10.0. The van der Waals surface area contributed by atoms with Crippen molar-refractivity contribution in [2.24, 2.45) is 0 Å². The summed E-state index contributed by atoms with van der Waals surface area (Å²) in [6.45, 7) is 0. The maximum Gasteiger partial charge on any atom is 0.297 e. The van der Waals surface area contributed by atoms with Crippen molar-refractivity contribution >= 4 is 11.6 Å². The molecule has 0 aromatic carbocycles. The fourth-order valence-electron chi connectivity index (χ4n) is 1.08. The summed E-state index contributed by atoms with van der Waals surface area (Å²) in [5, 5.41) is 15.1. The third-order valence-corrected chi connectivity index (χ3v) is 1.76. The predicted molar refractivity (Wildman–Crippen MR) is 52.9 cm³/mol. The minimum atomic E-state index is -0.486. The van der Waals surface area contributed by atoms with Crippen molar-refractivity contribution in [2.45, 2.75) is 0 Å². The van der Waals surface area contributed by atoms with Crippen molar-refractivity contribution in [1.82, 2.24) is 25.6 Å². The summed E-state index contributed by atoms with van der Waals surface area (Å²) in [7, 11) is 1.46. The number of carbonyl (C=O) groups excluding carboxylic acids is 1. The number of rotatable bonds is 3. The van der Waals surface area contributed by atoms with Crippen LogP contribution in [0.3, 0.4) is 0 Å². The van der Waals surface area contributed by atoms with Crippen LogP contribution in [0, 0.1) is 0 Å². The number of hydrogen-bond acceptors (Lipinski definition) is 6. The molecule has 8 nitrogen and oxygen atoms in total. The van der Waals surface area contributed by atoms with Crippen molar-refractivity contribution in [3.8, 4) is 5.88 Å². The Hall–Kier alpha value is -2.51. The zero-order valence-corrected chi connectivity index (χ0v) is 8.34. The van der Waals surface area contributed by atoms with E-state index in [1.54, 1.807) is 18.3 Å². The van der Waals surface area contributed by atoms with Gasteiger partial charge < -0.3 is 10.1 Å². The molecule has 2 heterocycles. The number of aromatic nitrogens is 5. The van der Waals surface area contributed by atoms with Gasteiger partial charge in [0.25, 0.3) is 11.7 Å². The van der Waals surface area contributed by atoms with Crippen LogP contribution in [0.15, 0.2) is 18.3 Å². The number of tetrazole rings is 1. The van der Waals surface area contributed by atoms with E-state index in [4.69, 9.17) is 4.74 Å². The van der Waals surface area contributed by atoms with Crippen LogP contribution < -0.4 is 10.1 Å². The predicted octanol–water partition coefficient (Wildman–Crippen LogP) is -0.144. The standard InChI is InChI=1S/C8H8N6O2/c1-16-8-5(3-2-4-9-8)10-7(15)6-11-13-14-12-6/h2-4H,1H3,(H,10,15)(H,11,12,13,14). The van der Waals surface area contributed by atoms with Crippen LogP contribution in [0.25, 0.3) is 0 Å². The monoisotopic (exact) mass is 220 g/mol. The van der Waals surface area contributed by atoms with Gasteiger partial charge in [0.2, 0.25) is 5.88 Å². The van der Waals surface area contributed by atoms with Crippen LogP contribution in [0.5, 0.6) is 5.88 Å². The van der Waals surface area contributed by atoms with Gasteiger partial charge in [-0.15, -0.1) is 10.2 Å². The van der Waals surface area contributed by atoms with E-state index in [9.17, 15) is 4.79 Å². The molecule has 0 bridgehead atoms. The molecule has 0 atom stereocenters. The lowest BCUT2D eigenvalue weighted by Gasteiger charge is -2.06. The summed E-state index contributed by atoms with van der Waals surface area (Å²) in [4.78, 5) is 15.5. The van der Waals surface area contributed by atoms with Gasteiger partial charge in [-0.25, -0.2) is 4.98 Å². The smallest absolute Gasteiger partial charge is 0.297 e. The number of pyridine rings is 1. The second-order valence-electron chi connectivity index (χ2n) is 2.75. The molecular weight excluding hydrogens is 212 g/mol. The van der Waals surface area contributed by atoms with E-state index >= 15 is 0 Å². The Morgan fingerprint density at radius 1 is 1.56 bits per heavy atom.